The Bertz CT molecular complexity index is 383. The molecule has 1 aromatic heterocycles. The van der Waals surface area contributed by atoms with Crippen LogP contribution in [-0.4, -0.2) is 16.5 Å². The molecule has 0 aliphatic rings. The van der Waals surface area contributed by atoms with Crippen molar-refractivity contribution in [2.75, 3.05) is 7.11 Å². The number of methoxy groups -OCH3 is 1. The zero-order valence-corrected chi connectivity index (χ0v) is 8.54. The number of ether oxygens (including phenoxy) is 1. The first-order valence-corrected chi connectivity index (χ1v) is 4.97. The average molecular weight is 205 g/mol. The van der Waals surface area contributed by atoms with Gasteiger partial charge in [0.15, 0.2) is 5.51 Å². The van der Waals surface area contributed by atoms with Crippen LogP contribution in [0.2, 0.25) is 0 Å². The Labute approximate surface area is 86.6 Å². The first kappa shape index (κ1) is 9.15. The molecule has 0 unspecified atom stereocenters. The number of nitrogens with zero attached hydrogens (tertiary/aromatic N) is 2. The summed E-state index contributed by atoms with van der Waals surface area (Å²) in [5.74, 6) is 1.69. The van der Waals surface area contributed by atoms with Crippen LogP contribution in [0, 0.1) is 5.51 Å². The highest BCUT2D eigenvalue weighted by atomic mass is 32.1. The van der Waals surface area contributed by atoms with Gasteiger partial charge in [-0.25, -0.2) is 4.98 Å². The average Bonchev–Trinajstić information content (AvgIpc) is 2.72. The summed E-state index contributed by atoms with van der Waals surface area (Å²) in [7, 11) is 1.66. The number of rotatable bonds is 3. The summed E-state index contributed by atoms with van der Waals surface area (Å²) in [4.78, 5) is 4.01. The van der Waals surface area contributed by atoms with Crippen molar-refractivity contribution in [3.63, 3.8) is 0 Å². The van der Waals surface area contributed by atoms with Crippen LogP contribution < -0.4 is 4.74 Å². The third-order valence-electron chi connectivity index (χ3n) is 1.89. The summed E-state index contributed by atoms with van der Waals surface area (Å²) in [6.45, 7) is 0. The van der Waals surface area contributed by atoms with Gasteiger partial charge in [-0.3, -0.25) is 0 Å². The molecule has 1 radical (unpaired) electrons. The van der Waals surface area contributed by atoms with E-state index in [0.29, 0.717) is 0 Å². The first-order chi connectivity index (χ1) is 6.88. The molecule has 2 rings (SSSR count). The van der Waals surface area contributed by atoms with Gasteiger partial charge in [0, 0.05) is 6.42 Å². The Hall–Kier alpha value is -1.42. The molecule has 0 bridgehead atoms. The third-order valence-corrected chi connectivity index (χ3v) is 2.36. The Morgan fingerprint density at radius 3 is 2.71 bits per heavy atom. The predicted octanol–water partition coefficient (Wildman–Crippen LogP) is 1.94. The predicted molar refractivity (Wildman–Crippen MR) is 54.5 cm³/mol. The molecule has 1 aromatic carbocycles. The second kappa shape index (κ2) is 4.19. The fraction of sp³-hybridized carbons (Fsp3) is 0.200. The molecular formula is C10H9N2OS. The van der Waals surface area contributed by atoms with E-state index in [0.717, 1.165) is 18.0 Å². The lowest BCUT2D eigenvalue weighted by atomic mass is 10.1. The lowest BCUT2D eigenvalue weighted by Crippen LogP contribution is -1.90. The second-order valence-corrected chi connectivity index (χ2v) is 3.37. The molecule has 4 heteroatoms. The minimum Gasteiger partial charge on any atom is -0.497 e. The molecule has 3 nitrogen and oxygen atoms in total. The highest BCUT2D eigenvalue weighted by Gasteiger charge is 1.99. The van der Waals surface area contributed by atoms with Crippen LogP contribution in [0.1, 0.15) is 11.4 Å². The van der Waals surface area contributed by atoms with Crippen molar-refractivity contribution in [2.24, 2.45) is 0 Å². The van der Waals surface area contributed by atoms with Gasteiger partial charge in [-0.15, -0.1) is 0 Å². The maximum Gasteiger partial charge on any atom is 0.174 e. The molecule has 0 aliphatic carbocycles. The van der Waals surface area contributed by atoms with E-state index in [1.165, 1.54) is 17.1 Å². The summed E-state index contributed by atoms with van der Waals surface area (Å²) in [6.07, 6.45) is 0.754. The van der Waals surface area contributed by atoms with Crippen molar-refractivity contribution in [3.05, 3.63) is 41.2 Å². The van der Waals surface area contributed by atoms with E-state index in [-0.39, 0.29) is 0 Å². The zero-order chi connectivity index (χ0) is 9.80. The molecule has 0 atom stereocenters. The third kappa shape index (κ3) is 2.09. The van der Waals surface area contributed by atoms with E-state index in [1.54, 1.807) is 7.11 Å². The van der Waals surface area contributed by atoms with Gasteiger partial charge in [-0.1, -0.05) is 12.1 Å². The lowest BCUT2D eigenvalue weighted by Gasteiger charge is -2.00. The summed E-state index contributed by atoms with van der Waals surface area (Å²) in [6, 6.07) is 7.90. The van der Waals surface area contributed by atoms with Crippen molar-refractivity contribution in [2.45, 2.75) is 6.42 Å². The van der Waals surface area contributed by atoms with Gasteiger partial charge in [0.1, 0.15) is 11.6 Å². The van der Waals surface area contributed by atoms with Crippen LogP contribution in [0.4, 0.5) is 0 Å². The van der Waals surface area contributed by atoms with Crippen LogP contribution in [0.25, 0.3) is 0 Å². The van der Waals surface area contributed by atoms with Crippen LogP contribution in [0.5, 0.6) is 5.75 Å². The minimum atomic E-state index is 0.754. The summed E-state index contributed by atoms with van der Waals surface area (Å²) < 4.78 is 9.17. The Morgan fingerprint density at radius 1 is 1.36 bits per heavy atom. The minimum absolute atomic E-state index is 0.754. The van der Waals surface area contributed by atoms with Gasteiger partial charge in [0.05, 0.1) is 7.11 Å². The zero-order valence-electron chi connectivity index (χ0n) is 7.73. The maximum absolute atomic E-state index is 5.07. The molecular weight excluding hydrogens is 196 g/mol. The van der Waals surface area contributed by atoms with E-state index >= 15 is 0 Å². The van der Waals surface area contributed by atoms with Crippen molar-refractivity contribution in [1.82, 2.24) is 9.36 Å². The Kier molecular flexibility index (Phi) is 2.74. The van der Waals surface area contributed by atoms with Crippen LogP contribution in [0.3, 0.4) is 0 Å². The molecule has 0 N–H and O–H groups in total. The van der Waals surface area contributed by atoms with Gasteiger partial charge in [-0.2, -0.15) is 4.37 Å². The van der Waals surface area contributed by atoms with E-state index in [2.05, 4.69) is 14.9 Å². The van der Waals surface area contributed by atoms with Crippen molar-refractivity contribution in [1.29, 1.82) is 0 Å². The van der Waals surface area contributed by atoms with Gasteiger partial charge in [0.25, 0.3) is 0 Å². The van der Waals surface area contributed by atoms with Crippen LogP contribution in [-0.2, 0) is 6.42 Å². The van der Waals surface area contributed by atoms with Gasteiger partial charge in [0.2, 0.25) is 0 Å². The highest BCUT2D eigenvalue weighted by molar-refractivity contribution is 7.02. The summed E-state index contributed by atoms with van der Waals surface area (Å²) in [5.41, 5.74) is 3.91. The molecule has 0 saturated carbocycles. The molecule has 0 saturated heterocycles. The van der Waals surface area contributed by atoms with E-state index in [4.69, 9.17) is 4.74 Å². The van der Waals surface area contributed by atoms with Crippen molar-refractivity contribution >= 4 is 11.5 Å². The fourth-order valence-corrected chi connectivity index (χ4v) is 1.56. The number of hydrogen-bond acceptors (Lipinski definition) is 4. The fourth-order valence-electron chi connectivity index (χ4n) is 1.16. The number of aromatic nitrogens is 2. The van der Waals surface area contributed by atoms with Crippen LogP contribution in [0.15, 0.2) is 24.3 Å². The molecule has 0 fully saturated rings. The molecule has 0 aliphatic heterocycles. The number of hydrogen-bond donors (Lipinski definition) is 0. The van der Waals surface area contributed by atoms with E-state index < -0.39 is 0 Å². The van der Waals surface area contributed by atoms with Crippen LogP contribution >= 0.6 is 11.5 Å². The molecule has 0 spiro atoms. The molecule has 14 heavy (non-hydrogen) atoms. The summed E-state index contributed by atoms with van der Waals surface area (Å²) in [5, 5.41) is 0. The highest BCUT2D eigenvalue weighted by Crippen LogP contribution is 2.13. The van der Waals surface area contributed by atoms with Crippen molar-refractivity contribution < 1.29 is 4.74 Å². The maximum atomic E-state index is 5.07. The van der Waals surface area contributed by atoms with Gasteiger partial charge in [-0.05, 0) is 29.2 Å². The lowest BCUT2D eigenvalue weighted by molar-refractivity contribution is 0.414. The van der Waals surface area contributed by atoms with E-state index in [9.17, 15) is 0 Å². The second-order valence-electron chi connectivity index (χ2n) is 2.83. The first-order valence-electron chi connectivity index (χ1n) is 4.20. The Balaban J connectivity index is 2.10. The smallest absolute Gasteiger partial charge is 0.174 e. The van der Waals surface area contributed by atoms with Gasteiger partial charge >= 0.3 is 0 Å². The Morgan fingerprint density at radius 2 is 2.14 bits per heavy atom. The number of benzene rings is 1. The standard InChI is InChI=1S/C10H9N2OS/c1-13-9-4-2-8(3-5-9)6-10-11-7-14-12-10/h2-5H,6H2,1H3. The van der Waals surface area contributed by atoms with Gasteiger partial charge < -0.3 is 4.74 Å². The topological polar surface area (TPSA) is 35.0 Å². The quantitative estimate of drug-likeness (QED) is 0.768. The van der Waals surface area contributed by atoms with Crippen molar-refractivity contribution in [3.8, 4) is 5.75 Å². The molecule has 2 aromatic rings. The largest absolute Gasteiger partial charge is 0.497 e. The molecule has 1 heterocycles. The summed E-state index contributed by atoms with van der Waals surface area (Å²) >= 11 is 1.26. The molecule has 0 amide bonds. The monoisotopic (exact) mass is 205 g/mol. The molecule has 71 valence electrons. The normalized spacial score (nSPS) is 10.1. The SMILES string of the molecule is COc1ccc(Cc2n[c]sn2)cc1. The van der Waals surface area contributed by atoms with E-state index in [1.807, 2.05) is 24.3 Å².